The van der Waals surface area contributed by atoms with Gasteiger partial charge in [0, 0.05) is 43.6 Å². The van der Waals surface area contributed by atoms with Crippen molar-refractivity contribution in [3.63, 3.8) is 0 Å². The molecule has 0 aromatic carbocycles. The molecule has 2 rings (SSSR count). The van der Waals surface area contributed by atoms with Crippen LogP contribution in [0.5, 0.6) is 0 Å². The second-order valence-corrected chi connectivity index (χ2v) is 5.44. The first kappa shape index (κ1) is 15.1. The molecule has 1 aliphatic rings. The van der Waals surface area contributed by atoms with Gasteiger partial charge in [-0.05, 0) is 32.0 Å². The zero-order chi connectivity index (χ0) is 14.4. The molecule has 1 unspecified atom stereocenters. The van der Waals surface area contributed by atoms with Crippen LogP contribution in [0.1, 0.15) is 33.6 Å². The van der Waals surface area contributed by atoms with Gasteiger partial charge in [-0.15, -0.1) is 0 Å². The molecule has 0 radical (unpaired) electrons. The van der Waals surface area contributed by atoms with Gasteiger partial charge >= 0.3 is 0 Å². The van der Waals surface area contributed by atoms with Crippen molar-refractivity contribution < 1.29 is 0 Å². The first-order valence-corrected chi connectivity index (χ1v) is 7.97. The third kappa shape index (κ3) is 3.63. The van der Waals surface area contributed by atoms with Crippen LogP contribution in [0.15, 0.2) is 18.3 Å². The average molecular weight is 276 g/mol. The largest absolute Gasteiger partial charge is 0.370 e. The molecule has 1 aromatic heterocycles. The predicted molar refractivity (Wildman–Crippen MR) is 86.6 cm³/mol. The summed E-state index contributed by atoms with van der Waals surface area (Å²) in [5.41, 5.74) is 1.30. The second-order valence-electron chi connectivity index (χ2n) is 5.44. The summed E-state index contributed by atoms with van der Waals surface area (Å²) in [6, 6.07) is 5.01. The van der Waals surface area contributed by atoms with Gasteiger partial charge in [0.1, 0.15) is 5.82 Å². The maximum Gasteiger partial charge on any atom is 0.127 e. The van der Waals surface area contributed by atoms with Gasteiger partial charge in [-0.2, -0.15) is 0 Å². The van der Waals surface area contributed by atoms with E-state index in [-0.39, 0.29) is 0 Å². The Morgan fingerprint density at radius 1 is 1.35 bits per heavy atom. The van der Waals surface area contributed by atoms with Gasteiger partial charge in [-0.1, -0.05) is 20.8 Å². The summed E-state index contributed by atoms with van der Waals surface area (Å²) in [7, 11) is 0. The van der Waals surface area contributed by atoms with E-state index in [1.54, 1.807) is 0 Å². The minimum atomic E-state index is 0.699. The van der Waals surface area contributed by atoms with Gasteiger partial charge in [0.15, 0.2) is 0 Å². The van der Waals surface area contributed by atoms with Crippen molar-refractivity contribution in [2.45, 2.75) is 39.7 Å². The van der Waals surface area contributed by atoms with Crippen molar-refractivity contribution in [1.29, 1.82) is 0 Å². The van der Waals surface area contributed by atoms with Crippen molar-refractivity contribution in [3.05, 3.63) is 18.3 Å². The molecule has 20 heavy (non-hydrogen) atoms. The van der Waals surface area contributed by atoms with E-state index in [0.29, 0.717) is 6.04 Å². The average Bonchev–Trinajstić information content (AvgIpc) is 2.96. The summed E-state index contributed by atoms with van der Waals surface area (Å²) in [4.78, 5) is 9.44. The lowest BCUT2D eigenvalue weighted by Crippen LogP contribution is -2.37. The lowest BCUT2D eigenvalue weighted by Gasteiger charge is -2.26. The zero-order valence-electron chi connectivity index (χ0n) is 13.1. The van der Waals surface area contributed by atoms with E-state index in [0.717, 1.165) is 45.0 Å². The molecule has 1 aromatic rings. The number of likely N-dealkylation sites (N-methyl/N-ethyl adjacent to an activating group) is 1. The predicted octanol–water partition coefficient (Wildman–Crippen LogP) is 2.82. The molecule has 0 saturated carbocycles. The van der Waals surface area contributed by atoms with Gasteiger partial charge in [-0.25, -0.2) is 4.98 Å². The van der Waals surface area contributed by atoms with Crippen LogP contribution in [0.2, 0.25) is 0 Å². The molecule has 1 aliphatic heterocycles. The second kappa shape index (κ2) is 7.48. The number of rotatable bonds is 7. The third-order valence-electron chi connectivity index (χ3n) is 4.16. The minimum Gasteiger partial charge on any atom is -0.370 e. The SMILES string of the molecule is CCCNc1cc(N2CCC(N(CC)CC)C2)ccn1. The molecule has 0 bridgehead atoms. The number of nitrogens with one attached hydrogen (secondary N) is 1. The maximum atomic E-state index is 4.39. The molecule has 1 fully saturated rings. The highest BCUT2D eigenvalue weighted by molar-refractivity contribution is 5.54. The Hall–Kier alpha value is -1.29. The summed E-state index contributed by atoms with van der Waals surface area (Å²) >= 11 is 0. The normalized spacial score (nSPS) is 18.8. The Balaban J connectivity index is 1.98. The summed E-state index contributed by atoms with van der Waals surface area (Å²) in [6.07, 6.45) is 4.31. The van der Waals surface area contributed by atoms with Crippen LogP contribution in [-0.2, 0) is 0 Å². The fraction of sp³-hybridized carbons (Fsp3) is 0.688. The number of hydrogen-bond acceptors (Lipinski definition) is 4. The van der Waals surface area contributed by atoms with Gasteiger partial charge < -0.3 is 10.2 Å². The number of aromatic nitrogens is 1. The van der Waals surface area contributed by atoms with Crippen LogP contribution in [-0.4, -0.2) is 48.6 Å². The van der Waals surface area contributed by atoms with Crippen molar-refractivity contribution >= 4 is 11.5 Å². The van der Waals surface area contributed by atoms with Crippen LogP contribution >= 0.6 is 0 Å². The van der Waals surface area contributed by atoms with Crippen molar-refractivity contribution in [2.75, 3.05) is 42.9 Å². The molecule has 4 nitrogen and oxygen atoms in total. The van der Waals surface area contributed by atoms with E-state index in [4.69, 9.17) is 0 Å². The van der Waals surface area contributed by atoms with Crippen molar-refractivity contribution in [1.82, 2.24) is 9.88 Å². The first-order chi connectivity index (χ1) is 9.78. The lowest BCUT2D eigenvalue weighted by molar-refractivity contribution is 0.232. The molecule has 4 heteroatoms. The van der Waals surface area contributed by atoms with Crippen LogP contribution in [0.4, 0.5) is 11.5 Å². The topological polar surface area (TPSA) is 31.4 Å². The molecule has 1 saturated heterocycles. The lowest BCUT2D eigenvalue weighted by atomic mass is 10.2. The fourth-order valence-electron chi connectivity index (χ4n) is 2.98. The summed E-state index contributed by atoms with van der Waals surface area (Å²) in [5.74, 6) is 0.996. The Labute approximate surface area is 123 Å². The molecule has 112 valence electrons. The molecule has 1 atom stereocenters. The maximum absolute atomic E-state index is 4.39. The van der Waals surface area contributed by atoms with Gasteiger partial charge in [0.25, 0.3) is 0 Å². The molecular formula is C16H28N4. The van der Waals surface area contributed by atoms with E-state index < -0.39 is 0 Å². The quantitative estimate of drug-likeness (QED) is 0.830. The van der Waals surface area contributed by atoms with Crippen LogP contribution in [0.25, 0.3) is 0 Å². The monoisotopic (exact) mass is 276 g/mol. The summed E-state index contributed by atoms with van der Waals surface area (Å²) < 4.78 is 0. The third-order valence-corrected chi connectivity index (χ3v) is 4.16. The number of pyridine rings is 1. The fourth-order valence-corrected chi connectivity index (χ4v) is 2.98. The van der Waals surface area contributed by atoms with E-state index >= 15 is 0 Å². The minimum absolute atomic E-state index is 0.699. The molecule has 2 heterocycles. The van der Waals surface area contributed by atoms with E-state index in [1.807, 2.05) is 6.20 Å². The highest BCUT2D eigenvalue weighted by atomic mass is 15.3. The van der Waals surface area contributed by atoms with Gasteiger partial charge in [0.2, 0.25) is 0 Å². The van der Waals surface area contributed by atoms with Crippen LogP contribution < -0.4 is 10.2 Å². The Morgan fingerprint density at radius 3 is 2.85 bits per heavy atom. The Bertz CT molecular complexity index is 403. The highest BCUT2D eigenvalue weighted by Crippen LogP contribution is 2.24. The summed E-state index contributed by atoms with van der Waals surface area (Å²) in [5, 5.41) is 3.37. The number of anilines is 2. The molecule has 0 amide bonds. The van der Waals surface area contributed by atoms with Crippen LogP contribution in [0, 0.1) is 0 Å². The molecular weight excluding hydrogens is 248 g/mol. The van der Waals surface area contributed by atoms with Gasteiger partial charge in [-0.3, -0.25) is 4.90 Å². The van der Waals surface area contributed by atoms with E-state index in [1.165, 1.54) is 12.1 Å². The van der Waals surface area contributed by atoms with Crippen molar-refractivity contribution in [2.24, 2.45) is 0 Å². The van der Waals surface area contributed by atoms with E-state index in [2.05, 4.69) is 53.0 Å². The molecule has 1 N–H and O–H groups in total. The number of hydrogen-bond donors (Lipinski definition) is 1. The first-order valence-electron chi connectivity index (χ1n) is 7.97. The Kier molecular flexibility index (Phi) is 5.65. The number of nitrogens with zero attached hydrogens (tertiary/aromatic N) is 3. The van der Waals surface area contributed by atoms with Gasteiger partial charge in [0.05, 0.1) is 0 Å². The Morgan fingerprint density at radius 2 is 2.15 bits per heavy atom. The smallest absolute Gasteiger partial charge is 0.127 e. The molecule has 0 spiro atoms. The zero-order valence-corrected chi connectivity index (χ0v) is 13.1. The van der Waals surface area contributed by atoms with Crippen molar-refractivity contribution in [3.8, 4) is 0 Å². The van der Waals surface area contributed by atoms with E-state index in [9.17, 15) is 0 Å². The standard InChI is InChI=1S/C16H28N4/c1-4-9-17-16-12-14(7-10-18-16)20-11-8-15(13-20)19(5-2)6-3/h7,10,12,15H,4-6,8-9,11,13H2,1-3H3,(H,17,18). The summed E-state index contributed by atoms with van der Waals surface area (Å²) in [6.45, 7) is 12.3. The highest BCUT2D eigenvalue weighted by Gasteiger charge is 2.26. The van der Waals surface area contributed by atoms with Crippen LogP contribution in [0.3, 0.4) is 0 Å². The molecule has 0 aliphatic carbocycles.